The van der Waals surface area contributed by atoms with E-state index in [2.05, 4.69) is 22.4 Å². The van der Waals surface area contributed by atoms with Crippen molar-refractivity contribution in [3.05, 3.63) is 58.5 Å². The van der Waals surface area contributed by atoms with Crippen LogP contribution in [0.25, 0.3) is 0 Å². The third-order valence-electron chi connectivity index (χ3n) is 6.15. The van der Waals surface area contributed by atoms with E-state index in [9.17, 15) is 9.59 Å². The van der Waals surface area contributed by atoms with Crippen molar-refractivity contribution in [1.82, 2.24) is 15.2 Å². The van der Waals surface area contributed by atoms with Crippen molar-refractivity contribution in [2.45, 2.75) is 39.5 Å². The predicted molar refractivity (Wildman–Crippen MR) is 119 cm³/mol. The van der Waals surface area contributed by atoms with Gasteiger partial charge >= 0.3 is 0 Å². The molecule has 7 heteroatoms. The van der Waals surface area contributed by atoms with Crippen LogP contribution in [0.15, 0.2) is 39.9 Å². The van der Waals surface area contributed by atoms with Gasteiger partial charge in [-0.25, -0.2) is 5.43 Å². The third kappa shape index (κ3) is 4.71. The zero-order valence-corrected chi connectivity index (χ0v) is 18.3. The summed E-state index contributed by atoms with van der Waals surface area (Å²) in [5.41, 5.74) is 6.14. The first-order valence-corrected chi connectivity index (χ1v) is 11.1. The van der Waals surface area contributed by atoms with Crippen LogP contribution in [0.5, 0.6) is 0 Å². The van der Waals surface area contributed by atoms with Gasteiger partial charge in [-0.05, 0) is 31.9 Å². The smallest absolute Gasteiger partial charge is 0.289 e. The summed E-state index contributed by atoms with van der Waals surface area (Å²) < 4.78 is 6.04. The fraction of sp³-hybridized carbons (Fsp3) is 0.458. The Morgan fingerprint density at radius 1 is 1.10 bits per heavy atom. The summed E-state index contributed by atoms with van der Waals surface area (Å²) in [6, 6.07) is 9.60. The maximum absolute atomic E-state index is 13.1. The Labute approximate surface area is 183 Å². The van der Waals surface area contributed by atoms with Gasteiger partial charge in [0.25, 0.3) is 5.91 Å². The highest BCUT2D eigenvalue weighted by atomic mass is 16.4. The maximum Gasteiger partial charge on any atom is 0.289 e. The summed E-state index contributed by atoms with van der Waals surface area (Å²) in [5, 5.41) is 4.41. The lowest BCUT2D eigenvalue weighted by molar-refractivity contribution is -0.120. The van der Waals surface area contributed by atoms with Gasteiger partial charge in [0.1, 0.15) is 5.76 Å². The molecule has 164 valence electrons. The molecule has 1 fully saturated rings. The van der Waals surface area contributed by atoms with Crippen LogP contribution in [0.2, 0.25) is 0 Å². The van der Waals surface area contributed by atoms with Gasteiger partial charge < -0.3 is 14.2 Å². The first-order valence-electron chi connectivity index (χ1n) is 11.1. The summed E-state index contributed by atoms with van der Waals surface area (Å²) in [7, 11) is 0. The Bertz CT molecular complexity index is 972. The lowest BCUT2D eigenvalue weighted by Crippen LogP contribution is -2.48. The van der Waals surface area contributed by atoms with Crippen LogP contribution < -0.4 is 5.43 Å². The molecular formula is C24H30N4O3. The molecule has 1 aliphatic heterocycles. The average Bonchev–Trinajstić information content (AvgIpc) is 3.15. The number of nitrogens with zero attached hydrogens (tertiary/aromatic N) is 3. The highest BCUT2D eigenvalue weighted by molar-refractivity contribution is 6.06. The molecule has 1 aliphatic carbocycles. The van der Waals surface area contributed by atoms with E-state index in [-0.39, 0.29) is 18.2 Å². The molecule has 2 heterocycles. The summed E-state index contributed by atoms with van der Waals surface area (Å²) in [6.07, 6.45) is 2.70. The van der Waals surface area contributed by atoms with E-state index < -0.39 is 0 Å². The third-order valence-corrected chi connectivity index (χ3v) is 6.15. The van der Waals surface area contributed by atoms with Crippen molar-refractivity contribution in [3.63, 3.8) is 0 Å². The molecule has 0 radical (unpaired) electrons. The normalized spacial score (nSPS) is 18.1. The van der Waals surface area contributed by atoms with E-state index in [1.54, 1.807) is 0 Å². The predicted octanol–water partition coefficient (Wildman–Crippen LogP) is 2.77. The number of hydrogen-bond donors (Lipinski definition) is 1. The minimum Gasteiger partial charge on any atom is -0.455 e. The number of nitrogens with one attached hydrogen (secondary N) is 1. The Balaban J connectivity index is 1.48. The fourth-order valence-electron chi connectivity index (χ4n) is 4.35. The van der Waals surface area contributed by atoms with Gasteiger partial charge in [0.2, 0.25) is 5.91 Å². The number of furan rings is 1. The number of aryl methyl sites for hydroxylation is 1. The molecule has 1 saturated heterocycles. The second-order valence-corrected chi connectivity index (χ2v) is 8.19. The SMILES string of the molecule is CCN1CCN(C(=O)c2oc3c(c2C)/C(=N/NC(=O)Cc2ccccc2)CCC3)CC1. The van der Waals surface area contributed by atoms with Crippen LogP contribution in [0.3, 0.4) is 0 Å². The number of piperazine rings is 1. The molecule has 0 bridgehead atoms. The molecule has 31 heavy (non-hydrogen) atoms. The summed E-state index contributed by atoms with van der Waals surface area (Å²) >= 11 is 0. The van der Waals surface area contributed by atoms with Gasteiger partial charge in [0.15, 0.2) is 5.76 Å². The Morgan fingerprint density at radius 2 is 1.84 bits per heavy atom. The lowest BCUT2D eigenvalue weighted by atomic mass is 9.93. The number of hydrazone groups is 1. The molecular weight excluding hydrogens is 392 g/mol. The van der Waals surface area contributed by atoms with Crippen molar-refractivity contribution in [2.75, 3.05) is 32.7 Å². The summed E-state index contributed by atoms with van der Waals surface area (Å²) in [5.74, 6) is 1.02. The molecule has 2 aliphatic rings. The standard InChI is InChI=1S/C24H30N4O3/c1-3-27-12-14-28(15-13-27)24(30)23-17(2)22-19(10-7-11-20(22)31-23)25-26-21(29)16-18-8-5-4-6-9-18/h4-6,8-9H,3,7,10-16H2,1-2H3,(H,26,29)/b25-19+. The monoisotopic (exact) mass is 422 g/mol. The van der Waals surface area contributed by atoms with Crippen molar-refractivity contribution in [1.29, 1.82) is 0 Å². The summed E-state index contributed by atoms with van der Waals surface area (Å²) in [6.45, 7) is 8.28. The first kappa shape index (κ1) is 21.3. The van der Waals surface area contributed by atoms with Crippen molar-refractivity contribution in [2.24, 2.45) is 5.10 Å². The number of benzene rings is 1. The van der Waals surface area contributed by atoms with E-state index in [0.717, 1.165) is 67.1 Å². The minimum absolute atomic E-state index is 0.0462. The Morgan fingerprint density at radius 3 is 2.55 bits per heavy atom. The van der Waals surface area contributed by atoms with E-state index >= 15 is 0 Å². The molecule has 0 atom stereocenters. The van der Waals surface area contributed by atoms with Gasteiger partial charge in [-0.3, -0.25) is 9.59 Å². The summed E-state index contributed by atoms with van der Waals surface area (Å²) in [4.78, 5) is 29.6. The lowest BCUT2D eigenvalue weighted by Gasteiger charge is -2.33. The van der Waals surface area contributed by atoms with Crippen LogP contribution in [0.4, 0.5) is 0 Å². The molecule has 1 aromatic carbocycles. The fourth-order valence-corrected chi connectivity index (χ4v) is 4.35. The van der Waals surface area contributed by atoms with Gasteiger partial charge in [-0.1, -0.05) is 37.3 Å². The number of carbonyl (C=O) groups is 2. The number of likely N-dealkylation sites (N-methyl/N-ethyl adjacent to an activating group) is 1. The average molecular weight is 423 g/mol. The number of carbonyl (C=O) groups excluding carboxylic acids is 2. The molecule has 0 saturated carbocycles. The van der Waals surface area contributed by atoms with Crippen molar-refractivity contribution in [3.8, 4) is 0 Å². The molecule has 7 nitrogen and oxygen atoms in total. The quantitative estimate of drug-likeness (QED) is 0.752. The van der Waals surface area contributed by atoms with Crippen molar-refractivity contribution >= 4 is 17.5 Å². The van der Waals surface area contributed by atoms with Gasteiger partial charge in [-0.15, -0.1) is 0 Å². The zero-order valence-electron chi connectivity index (χ0n) is 18.3. The van der Waals surface area contributed by atoms with E-state index in [1.807, 2.05) is 42.2 Å². The van der Waals surface area contributed by atoms with Crippen molar-refractivity contribution < 1.29 is 14.0 Å². The second kappa shape index (κ2) is 9.47. The van der Waals surface area contributed by atoms with Gasteiger partial charge in [0, 0.05) is 43.7 Å². The van der Waals surface area contributed by atoms with Crippen LogP contribution in [-0.2, 0) is 17.6 Å². The van der Waals surface area contributed by atoms with Crippen LogP contribution in [0, 0.1) is 6.92 Å². The second-order valence-electron chi connectivity index (χ2n) is 8.19. The molecule has 1 aromatic heterocycles. The van der Waals surface area contributed by atoms with E-state index in [0.29, 0.717) is 18.8 Å². The minimum atomic E-state index is -0.155. The van der Waals surface area contributed by atoms with E-state index in [1.165, 1.54) is 0 Å². The molecule has 2 amide bonds. The number of fused-ring (bicyclic) bond motifs is 1. The largest absolute Gasteiger partial charge is 0.455 e. The Kier molecular flexibility index (Phi) is 6.51. The molecule has 2 aromatic rings. The molecule has 4 rings (SSSR count). The number of hydrogen-bond acceptors (Lipinski definition) is 5. The number of rotatable bonds is 5. The zero-order chi connectivity index (χ0) is 21.8. The highest BCUT2D eigenvalue weighted by Crippen LogP contribution is 2.30. The van der Waals surface area contributed by atoms with Gasteiger partial charge in [0.05, 0.1) is 12.1 Å². The van der Waals surface area contributed by atoms with Crippen LogP contribution in [0.1, 0.15) is 52.8 Å². The van der Waals surface area contributed by atoms with E-state index in [4.69, 9.17) is 4.42 Å². The molecule has 0 spiro atoms. The number of amides is 2. The van der Waals surface area contributed by atoms with Crippen LogP contribution >= 0.6 is 0 Å². The molecule has 1 N–H and O–H groups in total. The first-order chi connectivity index (χ1) is 15.1. The highest BCUT2D eigenvalue weighted by Gasteiger charge is 2.31. The Hall–Kier alpha value is -2.93. The topological polar surface area (TPSA) is 78.2 Å². The van der Waals surface area contributed by atoms with Gasteiger partial charge in [-0.2, -0.15) is 5.10 Å². The molecule has 0 unspecified atom stereocenters. The maximum atomic E-state index is 13.1. The van der Waals surface area contributed by atoms with Crippen LogP contribution in [-0.4, -0.2) is 60.0 Å².